The van der Waals surface area contributed by atoms with Crippen molar-refractivity contribution < 1.29 is 9.26 Å². The van der Waals surface area contributed by atoms with Gasteiger partial charge in [0.15, 0.2) is 0 Å². The van der Waals surface area contributed by atoms with E-state index in [9.17, 15) is 0 Å². The Morgan fingerprint density at radius 3 is 2.76 bits per heavy atom. The lowest BCUT2D eigenvalue weighted by atomic mass is 10.2. The largest absolute Gasteiger partial charge is 0.489 e. The van der Waals surface area contributed by atoms with Gasteiger partial charge in [0, 0.05) is 16.6 Å². The summed E-state index contributed by atoms with van der Waals surface area (Å²) in [5.41, 5.74) is 3.99. The second-order valence-electron chi connectivity index (χ2n) is 4.91. The van der Waals surface area contributed by atoms with Crippen molar-refractivity contribution >= 4 is 11.3 Å². The van der Waals surface area contributed by atoms with Gasteiger partial charge < -0.3 is 9.26 Å². The Balaban J connectivity index is 1.78. The lowest BCUT2D eigenvalue weighted by Gasteiger charge is -2.07. The number of nitrogens with zero attached hydrogens (tertiary/aromatic N) is 2. The van der Waals surface area contributed by atoms with E-state index in [1.165, 1.54) is 0 Å². The Hall–Kier alpha value is -2.14. The molecule has 0 aliphatic rings. The molecule has 0 fully saturated rings. The van der Waals surface area contributed by atoms with Gasteiger partial charge in [0.25, 0.3) is 0 Å². The molecule has 3 aromatic rings. The van der Waals surface area contributed by atoms with Crippen LogP contribution in [-0.2, 0) is 6.61 Å². The van der Waals surface area contributed by atoms with Crippen molar-refractivity contribution in [2.75, 3.05) is 0 Å². The van der Waals surface area contributed by atoms with E-state index in [4.69, 9.17) is 9.26 Å². The van der Waals surface area contributed by atoms with E-state index in [0.717, 1.165) is 39.0 Å². The Bertz CT molecular complexity index is 742. The maximum absolute atomic E-state index is 5.86. The van der Waals surface area contributed by atoms with Crippen molar-refractivity contribution in [1.29, 1.82) is 0 Å². The van der Waals surface area contributed by atoms with Gasteiger partial charge in [0.05, 0.1) is 11.3 Å². The van der Waals surface area contributed by atoms with Crippen LogP contribution >= 0.6 is 11.3 Å². The average molecular weight is 300 g/mol. The zero-order valence-corrected chi connectivity index (χ0v) is 13.0. The van der Waals surface area contributed by atoms with Gasteiger partial charge in [-0.2, -0.15) is 0 Å². The SMILES string of the molecule is Cc1csc(-c2cccc(OCc3c(C)noc3C)c2)n1. The molecule has 5 heteroatoms. The topological polar surface area (TPSA) is 48.2 Å². The summed E-state index contributed by atoms with van der Waals surface area (Å²) in [6, 6.07) is 7.98. The van der Waals surface area contributed by atoms with Crippen molar-refractivity contribution in [3.8, 4) is 16.3 Å². The van der Waals surface area contributed by atoms with Crippen LogP contribution in [0.3, 0.4) is 0 Å². The molecule has 0 bridgehead atoms. The molecule has 0 atom stereocenters. The maximum atomic E-state index is 5.86. The van der Waals surface area contributed by atoms with Gasteiger partial charge in [-0.05, 0) is 32.9 Å². The number of benzene rings is 1. The fourth-order valence-electron chi connectivity index (χ4n) is 2.07. The molecule has 0 spiro atoms. The summed E-state index contributed by atoms with van der Waals surface area (Å²) < 4.78 is 11.0. The summed E-state index contributed by atoms with van der Waals surface area (Å²) >= 11 is 1.64. The van der Waals surface area contributed by atoms with Crippen LogP contribution in [0.4, 0.5) is 0 Å². The highest BCUT2D eigenvalue weighted by atomic mass is 32.1. The molecule has 0 unspecified atom stereocenters. The Morgan fingerprint density at radius 2 is 2.10 bits per heavy atom. The van der Waals surface area contributed by atoms with Crippen molar-refractivity contribution in [3.63, 3.8) is 0 Å². The number of rotatable bonds is 4. The van der Waals surface area contributed by atoms with Gasteiger partial charge in [0.2, 0.25) is 0 Å². The summed E-state index contributed by atoms with van der Waals surface area (Å²) in [6.07, 6.45) is 0. The highest BCUT2D eigenvalue weighted by Gasteiger charge is 2.10. The molecule has 108 valence electrons. The number of thiazole rings is 1. The van der Waals surface area contributed by atoms with E-state index in [2.05, 4.69) is 10.1 Å². The minimum absolute atomic E-state index is 0.460. The van der Waals surface area contributed by atoms with Crippen LogP contribution in [0, 0.1) is 20.8 Å². The van der Waals surface area contributed by atoms with E-state index in [-0.39, 0.29) is 0 Å². The minimum atomic E-state index is 0.460. The molecule has 0 saturated carbocycles. The third kappa shape index (κ3) is 2.97. The smallest absolute Gasteiger partial charge is 0.140 e. The van der Waals surface area contributed by atoms with Crippen LogP contribution in [0.1, 0.15) is 22.7 Å². The maximum Gasteiger partial charge on any atom is 0.140 e. The second-order valence-corrected chi connectivity index (χ2v) is 5.77. The van der Waals surface area contributed by atoms with Crippen molar-refractivity contribution in [3.05, 3.63) is 52.4 Å². The molecule has 2 heterocycles. The monoisotopic (exact) mass is 300 g/mol. The highest BCUT2D eigenvalue weighted by Crippen LogP contribution is 2.27. The van der Waals surface area contributed by atoms with Crippen molar-refractivity contribution in [2.45, 2.75) is 27.4 Å². The molecular formula is C16H16N2O2S. The van der Waals surface area contributed by atoms with E-state index in [1.807, 2.05) is 50.4 Å². The summed E-state index contributed by atoms with van der Waals surface area (Å²) in [5, 5.41) is 6.99. The third-order valence-electron chi connectivity index (χ3n) is 3.26. The van der Waals surface area contributed by atoms with Crippen LogP contribution in [0.2, 0.25) is 0 Å². The molecule has 0 radical (unpaired) electrons. The lowest BCUT2D eigenvalue weighted by Crippen LogP contribution is -1.97. The first-order chi connectivity index (χ1) is 10.1. The zero-order chi connectivity index (χ0) is 14.8. The molecule has 0 saturated heterocycles. The van der Waals surface area contributed by atoms with Gasteiger partial charge in [-0.3, -0.25) is 0 Å². The first-order valence-corrected chi connectivity index (χ1v) is 7.58. The number of hydrogen-bond acceptors (Lipinski definition) is 5. The summed E-state index contributed by atoms with van der Waals surface area (Å²) in [5.74, 6) is 1.62. The van der Waals surface area contributed by atoms with Crippen LogP contribution in [-0.4, -0.2) is 10.1 Å². The van der Waals surface area contributed by atoms with Crippen molar-refractivity contribution in [1.82, 2.24) is 10.1 Å². The van der Waals surface area contributed by atoms with E-state index in [0.29, 0.717) is 6.61 Å². The molecule has 1 aromatic carbocycles. The number of ether oxygens (including phenoxy) is 1. The van der Waals surface area contributed by atoms with Crippen LogP contribution < -0.4 is 4.74 Å². The fourth-order valence-corrected chi connectivity index (χ4v) is 2.86. The van der Waals surface area contributed by atoms with Crippen LogP contribution in [0.15, 0.2) is 34.2 Å². The molecule has 3 rings (SSSR count). The minimum Gasteiger partial charge on any atom is -0.489 e. The molecule has 4 nitrogen and oxygen atoms in total. The number of hydrogen-bond donors (Lipinski definition) is 0. The zero-order valence-electron chi connectivity index (χ0n) is 12.2. The van der Waals surface area contributed by atoms with E-state index in [1.54, 1.807) is 11.3 Å². The number of aromatic nitrogens is 2. The van der Waals surface area contributed by atoms with Gasteiger partial charge in [0.1, 0.15) is 23.1 Å². The fraction of sp³-hybridized carbons (Fsp3) is 0.250. The molecule has 2 aromatic heterocycles. The Labute approximate surface area is 127 Å². The second kappa shape index (κ2) is 5.69. The summed E-state index contributed by atoms with van der Waals surface area (Å²) in [6.45, 7) is 6.27. The quantitative estimate of drug-likeness (QED) is 0.720. The molecule has 0 aliphatic carbocycles. The summed E-state index contributed by atoms with van der Waals surface area (Å²) in [7, 11) is 0. The van der Waals surface area contributed by atoms with Crippen molar-refractivity contribution in [2.24, 2.45) is 0 Å². The molecule has 21 heavy (non-hydrogen) atoms. The molecule has 0 aliphatic heterocycles. The molecule has 0 amide bonds. The predicted molar refractivity (Wildman–Crippen MR) is 82.6 cm³/mol. The molecular weight excluding hydrogens is 284 g/mol. The first-order valence-electron chi connectivity index (χ1n) is 6.70. The summed E-state index contributed by atoms with van der Waals surface area (Å²) in [4.78, 5) is 4.50. The first kappa shape index (κ1) is 13.8. The Morgan fingerprint density at radius 1 is 1.24 bits per heavy atom. The van der Waals surface area contributed by atoms with Gasteiger partial charge in [-0.1, -0.05) is 17.3 Å². The van der Waals surface area contributed by atoms with Gasteiger partial charge in [-0.25, -0.2) is 4.98 Å². The third-order valence-corrected chi connectivity index (χ3v) is 4.27. The van der Waals surface area contributed by atoms with E-state index >= 15 is 0 Å². The Kier molecular flexibility index (Phi) is 3.75. The lowest BCUT2D eigenvalue weighted by molar-refractivity contribution is 0.302. The standard InChI is InChI=1S/C16H16N2O2S/c1-10-9-21-16(17-10)13-5-4-6-14(7-13)19-8-15-11(2)18-20-12(15)3/h4-7,9H,8H2,1-3H3. The van der Waals surface area contributed by atoms with Crippen LogP contribution in [0.5, 0.6) is 5.75 Å². The van der Waals surface area contributed by atoms with E-state index < -0.39 is 0 Å². The van der Waals surface area contributed by atoms with Gasteiger partial charge >= 0.3 is 0 Å². The van der Waals surface area contributed by atoms with Gasteiger partial charge in [-0.15, -0.1) is 11.3 Å². The normalized spacial score (nSPS) is 10.8. The number of aryl methyl sites for hydroxylation is 3. The molecule has 0 N–H and O–H groups in total. The average Bonchev–Trinajstić information content (AvgIpc) is 3.04. The predicted octanol–water partition coefficient (Wildman–Crippen LogP) is 4.30. The van der Waals surface area contributed by atoms with Crippen LogP contribution in [0.25, 0.3) is 10.6 Å². The highest BCUT2D eigenvalue weighted by molar-refractivity contribution is 7.13.